The molecule has 2 unspecified atom stereocenters. The van der Waals surface area contributed by atoms with E-state index in [-0.39, 0.29) is 11.3 Å². The van der Waals surface area contributed by atoms with Crippen molar-refractivity contribution in [3.63, 3.8) is 0 Å². The first-order chi connectivity index (χ1) is 17.8. The topological polar surface area (TPSA) is 178 Å². The molecule has 1 fully saturated rings. The van der Waals surface area contributed by atoms with Gasteiger partial charge >= 0.3 is 19.4 Å². The van der Waals surface area contributed by atoms with Gasteiger partial charge < -0.3 is 24.2 Å². The molecule has 6 atom stereocenters. The normalized spacial score (nSPS) is 25.4. The number of hydrogen-bond acceptors (Lipinski definition) is 10. The summed E-state index contributed by atoms with van der Waals surface area (Å²) in [5, 5.41) is 24.0. The molecule has 0 bridgehead atoms. The first-order valence-corrected chi connectivity index (χ1v) is 13.2. The number of ether oxygens (including phenoxy) is 2. The van der Waals surface area contributed by atoms with Gasteiger partial charge in [0.1, 0.15) is 30.6 Å². The van der Waals surface area contributed by atoms with Crippen LogP contribution in [0.25, 0.3) is 0 Å². The first-order valence-electron chi connectivity index (χ1n) is 11.6. The van der Waals surface area contributed by atoms with E-state index in [2.05, 4.69) is 16.0 Å². The van der Waals surface area contributed by atoms with E-state index >= 15 is 0 Å². The Balaban J connectivity index is 1.89. The van der Waals surface area contributed by atoms with Gasteiger partial charge in [0.2, 0.25) is 0 Å². The molecular weight excluding hydrogens is 521 g/mol. The van der Waals surface area contributed by atoms with Gasteiger partial charge in [-0.1, -0.05) is 24.1 Å². The van der Waals surface area contributed by atoms with Crippen LogP contribution in [0.1, 0.15) is 32.6 Å². The Bertz CT molecular complexity index is 1350. The minimum absolute atomic E-state index is 0.128. The number of aliphatic hydroxyl groups excluding tert-OH is 2. The van der Waals surface area contributed by atoms with Gasteiger partial charge in [-0.15, -0.1) is 6.42 Å². The predicted octanol–water partition coefficient (Wildman–Crippen LogP) is 0.601. The van der Waals surface area contributed by atoms with Crippen LogP contribution in [-0.2, 0) is 23.4 Å². The van der Waals surface area contributed by atoms with Crippen molar-refractivity contribution < 1.29 is 38.1 Å². The molecule has 1 aromatic heterocycles. The number of terminal acetylenes is 1. The van der Waals surface area contributed by atoms with E-state index in [0.29, 0.717) is 0 Å². The molecule has 1 aromatic carbocycles. The fourth-order valence-corrected chi connectivity index (χ4v) is 5.10. The minimum atomic E-state index is -4.40. The van der Waals surface area contributed by atoms with Crippen LogP contribution in [0.15, 0.2) is 46.1 Å². The molecule has 206 valence electrons. The molecule has 0 amide bonds. The van der Waals surface area contributed by atoms with Crippen LogP contribution in [0.2, 0.25) is 0 Å². The van der Waals surface area contributed by atoms with Crippen LogP contribution in [0, 0.1) is 19.3 Å². The quantitative estimate of drug-likeness (QED) is 0.185. The van der Waals surface area contributed by atoms with Gasteiger partial charge in [0.05, 0.1) is 6.10 Å². The standard InChI is InChI=1S/C24H30N3O10P/c1-6-24(19(29)18(28)21(36-24)27-12-15(4)20(30)25-23(27)32)13-34-38(33,37-17-10-8-7-9-11-17)26-16(5)22(31)35-14(2)3/h1,7-12,14,16,18-19,21,28-29H,13H2,2-5H3,(H,26,33)(H,25,30,32)/t16-,18-,19?,21+,24+,38?/m0/s1. The zero-order valence-electron chi connectivity index (χ0n) is 21.2. The molecule has 38 heavy (non-hydrogen) atoms. The molecule has 1 aliphatic heterocycles. The highest BCUT2D eigenvalue weighted by Crippen LogP contribution is 2.47. The van der Waals surface area contributed by atoms with E-state index in [1.165, 1.54) is 26.0 Å². The molecule has 13 nitrogen and oxygen atoms in total. The highest BCUT2D eigenvalue weighted by Gasteiger charge is 2.56. The summed E-state index contributed by atoms with van der Waals surface area (Å²) < 4.78 is 36.6. The fourth-order valence-electron chi connectivity index (χ4n) is 3.58. The fraction of sp³-hybridized carbons (Fsp3) is 0.458. The first kappa shape index (κ1) is 29.3. The smallest absolute Gasteiger partial charge is 0.459 e. The summed E-state index contributed by atoms with van der Waals surface area (Å²) in [6.07, 6.45) is 1.28. The van der Waals surface area contributed by atoms with Crippen molar-refractivity contribution in [2.75, 3.05) is 6.61 Å². The van der Waals surface area contributed by atoms with Crippen molar-refractivity contribution >= 4 is 13.7 Å². The zero-order valence-corrected chi connectivity index (χ0v) is 22.1. The van der Waals surface area contributed by atoms with Gasteiger partial charge in [0.25, 0.3) is 5.56 Å². The third-order valence-electron chi connectivity index (χ3n) is 5.56. The summed E-state index contributed by atoms with van der Waals surface area (Å²) in [5.74, 6) is 1.60. The molecular formula is C24H30N3O10P. The molecule has 0 aliphatic carbocycles. The summed E-state index contributed by atoms with van der Waals surface area (Å²) >= 11 is 0. The number of nitrogens with zero attached hydrogens (tertiary/aromatic N) is 1. The Kier molecular flexibility index (Phi) is 8.99. The molecule has 0 spiro atoms. The summed E-state index contributed by atoms with van der Waals surface area (Å²) in [5.41, 5.74) is -3.52. The van der Waals surface area contributed by atoms with Crippen LogP contribution >= 0.6 is 7.75 Å². The van der Waals surface area contributed by atoms with Gasteiger partial charge in [-0.05, 0) is 39.8 Å². The number of nitrogens with one attached hydrogen (secondary N) is 2. The number of para-hydroxylation sites is 1. The van der Waals surface area contributed by atoms with Crippen molar-refractivity contribution in [1.82, 2.24) is 14.6 Å². The van der Waals surface area contributed by atoms with Gasteiger partial charge in [-0.25, -0.2) is 9.36 Å². The number of aliphatic hydroxyl groups is 2. The van der Waals surface area contributed by atoms with Crippen molar-refractivity contribution in [1.29, 1.82) is 0 Å². The third kappa shape index (κ3) is 6.42. The number of carbonyl (C=O) groups excluding carboxylic acids is 1. The highest BCUT2D eigenvalue weighted by molar-refractivity contribution is 7.52. The number of aromatic nitrogens is 2. The molecule has 14 heteroatoms. The maximum atomic E-state index is 13.7. The molecule has 1 saturated heterocycles. The van der Waals surface area contributed by atoms with Crippen molar-refractivity contribution in [3.8, 4) is 18.1 Å². The van der Waals surface area contributed by atoms with Gasteiger partial charge in [-0.3, -0.25) is 23.7 Å². The molecule has 4 N–H and O–H groups in total. The summed E-state index contributed by atoms with van der Waals surface area (Å²) in [7, 11) is -4.40. The minimum Gasteiger partial charge on any atom is -0.462 e. The number of aryl methyl sites for hydroxylation is 1. The second kappa shape index (κ2) is 11.7. The average Bonchev–Trinajstić information content (AvgIpc) is 3.11. The molecule has 0 radical (unpaired) electrons. The van der Waals surface area contributed by atoms with Gasteiger partial charge in [-0.2, -0.15) is 5.09 Å². The second-order valence-electron chi connectivity index (χ2n) is 8.97. The summed E-state index contributed by atoms with van der Waals surface area (Å²) in [6, 6.07) is 6.78. The van der Waals surface area contributed by atoms with E-state index in [1.54, 1.807) is 32.0 Å². The van der Waals surface area contributed by atoms with E-state index < -0.39 is 67.8 Å². The van der Waals surface area contributed by atoms with Gasteiger partial charge in [0.15, 0.2) is 11.8 Å². The van der Waals surface area contributed by atoms with Crippen LogP contribution in [0.5, 0.6) is 5.75 Å². The molecule has 3 rings (SSSR count). The zero-order chi connectivity index (χ0) is 28.3. The van der Waals surface area contributed by atoms with E-state index in [1.807, 2.05) is 0 Å². The molecule has 1 aliphatic rings. The Morgan fingerprint density at radius 2 is 1.95 bits per heavy atom. The Hall–Kier alpha value is -3.24. The summed E-state index contributed by atoms with van der Waals surface area (Å²) in [4.78, 5) is 38.5. The highest BCUT2D eigenvalue weighted by atomic mass is 31.2. The van der Waals surface area contributed by atoms with Gasteiger partial charge in [0, 0.05) is 11.8 Å². The van der Waals surface area contributed by atoms with Crippen LogP contribution in [-0.4, -0.2) is 62.3 Å². The number of benzene rings is 1. The number of aromatic amines is 1. The van der Waals surface area contributed by atoms with Crippen molar-refractivity contribution in [3.05, 3.63) is 62.9 Å². The van der Waals surface area contributed by atoms with E-state index in [9.17, 15) is 29.2 Å². The Morgan fingerprint density at radius 1 is 1.29 bits per heavy atom. The lowest BCUT2D eigenvalue weighted by atomic mass is 9.97. The number of hydrogen-bond donors (Lipinski definition) is 4. The molecule has 2 heterocycles. The van der Waals surface area contributed by atoms with Crippen LogP contribution in [0.3, 0.4) is 0 Å². The summed E-state index contributed by atoms with van der Waals surface area (Å²) in [6.45, 7) is 5.32. The predicted molar refractivity (Wildman–Crippen MR) is 134 cm³/mol. The van der Waals surface area contributed by atoms with Crippen molar-refractivity contribution in [2.45, 2.75) is 63.9 Å². The lowest BCUT2D eigenvalue weighted by Crippen LogP contribution is -2.46. The number of H-pyrrole nitrogens is 1. The average molecular weight is 551 g/mol. The monoisotopic (exact) mass is 551 g/mol. The van der Waals surface area contributed by atoms with E-state index in [4.69, 9.17) is 24.9 Å². The number of rotatable bonds is 10. The number of carbonyl (C=O) groups is 1. The molecule has 2 aromatic rings. The lowest BCUT2D eigenvalue weighted by molar-refractivity contribution is -0.149. The SMILES string of the molecule is C#C[C@]1(COP(=O)(N[C@@H](C)C(=O)OC(C)C)Oc2ccccc2)O[C@@H](n2cc(C)c(=O)[nH]c2=O)[C@@H](O)C1O. The largest absolute Gasteiger partial charge is 0.462 e. The Labute approximate surface area is 218 Å². The second-order valence-corrected chi connectivity index (χ2v) is 10.7. The lowest BCUT2D eigenvalue weighted by Gasteiger charge is -2.29. The van der Waals surface area contributed by atoms with Crippen LogP contribution in [0.4, 0.5) is 0 Å². The van der Waals surface area contributed by atoms with E-state index in [0.717, 1.165) is 10.8 Å². The maximum absolute atomic E-state index is 13.7. The van der Waals surface area contributed by atoms with Crippen molar-refractivity contribution in [2.24, 2.45) is 0 Å². The third-order valence-corrected chi connectivity index (χ3v) is 7.19. The maximum Gasteiger partial charge on any atom is 0.459 e. The Morgan fingerprint density at radius 3 is 2.55 bits per heavy atom. The van der Waals surface area contributed by atoms with Crippen LogP contribution < -0.4 is 20.9 Å². The number of esters is 1. The molecule has 0 saturated carbocycles.